The molecular formula is C14H19FN2O4. The van der Waals surface area contributed by atoms with Gasteiger partial charge in [-0.2, -0.15) is 0 Å². The number of carbonyl (C=O) groups is 2. The molecule has 21 heavy (non-hydrogen) atoms. The molecule has 0 radical (unpaired) electrons. The van der Waals surface area contributed by atoms with E-state index in [-0.39, 0.29) is 5.82 Å². The summed E-state index contributed by atoms with van der Waals surface area (Å²) in [4.78, 5) is 22.8. The van der Waals surface area contributed by atoms with Gasteiger partial charge in [0.2, 0.25) is 0 Å². The van der Waals surface area contributed by atoms with Crippen molar-refractivity contribution in [3.05, 3.63) is 35.6 Å². The van der Waals surface area contributed by atoms with Crippen molar-refractivity contribution in [2.45, 2.75) is 6.54 Å². The average molecular weight is 298 g/mol. The van der Waals surface area contributed by atoms with Crippen molar-refractivity contribution in [1.82, 2.24) is 9.80 Å². The van der Waals surface area contributed by atoms with Crippen molar-refractivity contribution in [2.24, 2.45) is 0 Å². The fourth-order valence-electron chi connectivity index (χ4n) is 1.87. The average Bonchev–Trinajstić information content (AvgIpc) is 2.44. The van der Waals surface area contributed by atoms with Gasteiger partial charge in [0.05, 0.1) is 0 Å². The highest BCUT2D eigenvalue weighted by Gasteiger charge is 2.14. The zero-order valence-corrected chi connectivity index (χ0v) is 11.8. The van der Waals surface area contributed by atoms with Crippen molar-refractivity contribution in [1.29, 1.82) is 0 Å². The second-order valence-corrected chi connectivity index (χ2v) is 4.78. The molecule has 1 saturated heterocycles. The Morgan fingerprint density at radius 1 is 1.10 bits per heavy atom. The molecule has 0 amide bonds. The molecule has 0 aliphatic carbocycles. The van der Waals surface area contributed by atoms with Crippen molar-refractivity contribution in [2.75, 3.05) is 33.2 Å². The van der Waals surface area contributed by atoms with Crippen LogP contribution in [0.1, 0.15) is 5.56 Å². The van der Waals surface area contributed by atoms with Crippen LogP contribution in [0.15, 0.2) is 24.3 Å². The maximum atomic E-state index is 13.4. The Bertz CT molecular complexity index is 476. The Balaban J connectivity index is 0.000000315. The molecule has 7 heteroatoms. The van der Waals surface area contributed by atoms with Crippen molar-refractivity contribution < 1.29 is 24.2 Å². The SMILES string of the molecule is CN1CCN(Cc2ccccc2F)CC1.O=C(O)C(=O)O. The molecule has 6 nitrogen and oxygen atoms in total. The molecule has 0 atom stereocenters. The molecule has 2 N–H and O–H groups in total. The van der Waals surface area contributed by atoms with Crippen LogP contribution >= 0.6 is 0 Å². The highest BCUT2D eigenvalue weighted by atomic mass is 19.1. The van der Waals surface area contributed by atoms with E-state index in [1.807, 2.05) is 12.1 Å². The number of carboxylic acids is 2. The molecular weight excluding hydrogens is 279 g/mol. The second kappa shape index (κ2) is 8.33. The molecule has 2 rings (SSSR count). The summed E-state index contributed by atoms with van der Waals surface area (Å²) >= 11 is 0. The van der Waals surface area contributed by atoms with Gasteiger partial charge in [-0.25, -0.2) is 14.0 Å². The van der Waals surface area contributed by atoms with Gasteiger partial charge in [-0.1, -0.05) is 18.2 Å². The van der Waals surface area contributed by atoms with E-state index in [2.05, 4.69) is 16.8 Å². The second-order valence-electron chi connectivity index (χ2n) is 4.78. The number of piperazine rings is 1. The molecule has 1 aliphatic rings. The number of carboxylic acid groups (broad SMARTS) is 2. The number of aliphatic carboxylic acids is 2. The molecule has 0 aromatic heterocycles. The number of benzene rings is 1. The zero-order valence-electron chi connectivity index (χ0n) is 11.8. The van der Waals surface area contributed by atoms with Gasteiger partial charge in [-0.05, 0) is 13.1 Å². The van der Waals surface area contributed by atoms with E-state index >= 15 is 0 Å². The summed E-state index contributed by atoms with van der Waals surface area (Å²) < 4.78 is 13.4. The van der Waals surface area contributed by atoms with E-state index in [1.165, 1.54) is 6.07 Å². The van der Waals surface area contributed by atoms with Gasteiger partial charge in [0.25, 0.3) is 0 Å². The first-order chi connectivity index (χ1) is 9.90. The quantitative estimate of drug-likeness (QED) is 0.783. The zero-order chi connectivity index (χ0) is 15.8. The number of rotatable bonds is 2. The highest BCUT2D eigenvalue weighted by molar-refractivity contribution is 6.27. The number of likely N-dealkylation sites (N-methyl/N-ethyl adjacent to an activating group) is 1. The molecule has 116 valence electrons. The lowest BCUT2D eigenvalue weighted by atomic mass is 10.2. The van der Waals surface area contributed by atoms with Crippen LogP contribution in [0.2, 0.25) is 0 Å². The minimum Gasteiger partial charge on any atom is -0.473 e. The van der Waals surface area contributed by atoms with E-state index in [4.69, 9.17) is 19.8 Å². The highest BCUT2D eigenvalue weighted by Crippen LogP contribution is 2.11. The molecule has 0 saturated carbocycles. The van der Waals surface area contributed by atoms with Gasteiger partial charge >= 0.3 is 11.9 Å². The van der Waals surface area contributed by atoms with Crippen molar-refractivity contribution in [3.8, 4) is 0 Å². The first-order valence-electron chi connectivity index (χ1n) is 6.50. The molecule has 1 aromatic rings. The van der Waals surface area contributed by atoms with Gasteiger partial charge in [0.1, 0.15) is 5.82 Å². The fraction of sp³-hybridized carbons (Fsp3) is 0.429. The normalized spacial score (nSPS) is 15.9. The Morgan fingerprint density at radius 3 is 2.10 bits per heavy atom. The number of nitrogens with zero attached hydrogens (tertiary/aromatic N) is 2. The van der Waals surface area contributed by atoms with Crippen molar-refractivity contribution in [3.63, 3.8) is 0 Å². The van der Waals surface area contributed by atoms with Crippen LogP contribution in [0.4, 0.5) is 4.39 Å². The third kappa shape index (κ3) is 6.33. The van der Waals surface area contributed by atoms with Gasteiger partial charge in [-0.15, -0.1) is 0 Å². The summed E-state index contributed by atoms with van der Waals surface area (Å²) in [6, 6.07) is 7.04. The maximum absolute atomic E-state index is 13.4. The Hall–Kier alpha value is -1.99. The molecule has 1 aromatic carbocycles. The molecule has 0 spiro atoms. The van der Waals surface area contributed by atoms with Crippen molar-refractivity contribution >= 4 is 11.9 Å². The number of hydrogen-bond donors (Lipinski definition) is 2. The third-order valence-corrected chi connectivity index (χ3v) is 3.13. The monoisotopic (exact) mass is 298 g/mol. The predicted octanol–water partition coefficient (Wildman–Crippen LogP) is 0.729. The largest absolute Gasteiger partial charge is 0.473 e. The Kier molecular flexibility index (Phi) is 6.77. The molecule has 1 heterocycles. The smallest absolute Gasteiger partial charge is 0.414 e. The van der Waals surface area contributed by atoms with Crippen LogP contribution in [0.5, 0.6) is 0 Å². The van der Waals surface area contributed by atoms with Gasteiger partial charge in [0.15, 0.2) is 0 Å². The van der Waals surface area contributed by atoms with E-state index in [1.54, 1.807) is 6.07 Å². The third-order valence-electron chi connectivity index (χ3n) is 3.13. The van der Waals surface area contributed by atoms with Crippen LogP contribution in [-0.2, 0) is 16.1 Å². The van der Waals surface area contributed by atoms with Gasteiger partial charge < -0.3 is 15.1 Å². The lowest BCUT2D eigenvalue weighted by Crippen LogP contribution is -2.43. The summed E-state index contributed by atoms with van der Waals surface area (Å²) in [6.45, 7) is 4.96. The lowest BCUT2D eigenvalue weighted by molar-refractivity contribution is -0.159. The number of hydrogen-bond acceptors (Lipinski definition) is 4. The van der Waals surface area contributed by atoms with Crippen LogP contribution in [0, 0.1) is 5.82 Å². The molecule has 1 fully saturated rings. The predicted molar refractivity (Wildman–Crippen MR) is 74.4 cm³/mol. The van der Waals surface area contributed by atoms with Crippen LogP contribution in [0.3, 0.4) is 0 Å². The summed E-state index contributed by atoms with van der Waals surface area (Å²) in [7, 11) is 2.13. The minimum absolute atomic E-state index is 0.0866. The Morgan fingerprint density at radius 2 is 1.62 bits per heavy atom. The lowest BCUT2D eigenvalue weighted by Gasteiger charge is -2.32. The van der Waals surface area contributed by atoms with Crippen LogP contribution < -0.4 is 0 Å². The maximum Gasteiger partial charge on any atom is 0.414 e. The topological polar surface area (TPSA) is 81.1 Å². The van der Waals surface area contributed by atoms with Crippen LogP contribution in [-0.4, -0.2) is 65.2 Å². The number of halogens is 1. The molecule has 1 aliphatic heterocycles. The van der Waals surface area contributed by atoms with E-state index in [0.29, 0.717) is 0 Å². The molecule has 0 bridgehead atoms. The summed E-state index contributed by atoms with van der Waals surface area (Å²) in [5.74, 6) is -3.73. The first kappa shape index (κ1) is 17.1. The minimum atomic E-state index is -1.82. The van der Waals surface area contributed by atoms with Gasteiger partial charge in [-0.3, -0.25) is 4.90 Å². The fourth-order valence-corrected chi connectivity index (χ4v) is 1.87. The van der Waals surface area contributed by atoms with E-state index < -0.39 is 11.9 Å². The standard InChI is InChI=1S/C12H17FN2.C2H2O4/c1-14-6-8-15(9-7-14)10-11-4-2-3-5-12(11)13;3-1(4)2(5)6/h2-5H,6-10H2,1H3;(H,3,4)(H,5,6). The summed E-state index contributed by atoms with van der Waals surface area (Å²) in [6.07, 6.45) is 0. The van der Waals surface area contributed by atoms with Gasteiger partial charge in [0, 0.05) is 38.3 Å². The van der Waals surface area contributed by atoms with Crippen LogP contribution in [0.25, 0.3) is 0 Å². The Labute approximate surface area is 122 Å². The van der Waals surface area contributed by atoms with E-state index in [0.717, 1.165) is 38.3 Å². The van der Waals surface area contributed by atoms with E-state index in [9.17, 15) is 4.39 Å². The molecule has 0 unspecified atom stereocenters. The first-order valence-corrected chi connectivity index (χ1v) is 6.50. The summed E-state index contributed by atoms with van der Waals surface area (Å²) in [5.41, 5.74) is 0.807. The summed E-state index contributed by atoms with van der Waals surface area (Å²) in [5, 5.41) is 14.8.